The number of hydrogen-bond donors (Lipinski definition) is 0. The van der Waals surface area contributed by atoms with Gasteiger partial charge in [0.15, 0.2) is 5.43 Å². The molecular formula is C22H11F3N2O. The van der Waals surface area contributed by atoms with Gasteiger partial charge in [0.25, 0.3) is 0 Å². The summed E-state index contributed by atoms with van der Waals surface area (Å²) in [6.07, 6.45) is 1.43. The van der Waals surface area contributed by atoms with E-state index in [4.69, 9.17) is 5.26 Å². The second kappa shape index (κ2) is 6.71. The van der Waals surface area contributed by atoms with E-state index in [0.29, 0.717) is 5.69 Å². The Hall–Kier alpha value is -3.85. The zero-order valence-corrected chi connectivity index (χ0v) is 14.3. The van der Waals surface area contributed by atoms with E-state index in [1.807, 2.05) is 0 Å². The number of fused-ring (bicyclic) bond motifs is 1. The minimum Gasteiger partial charge on any atom is -0.316 e. The Balaban J connectivity index is 2.09. The lowest BCUT2D eigenvalue weighted by molar-refractivity contribution is 0.588. The zero-order valence-electron chi connectivity index (χ0n) is 14.3. The predicted octanol–water partition coefficient (Wildman–Crippen LogP) is 4.92. The molecule has 28 heavy (non-hydrogen) atoms. The minimum atomic E-state index is -1.02. The third-order valence-electron chi connectivity index (χ3n) is 4.48. The van der Waals surface area contributed by atoms with E-state index >= 15 is 0 Å². The highest BCUT2D eigenvalue weighted by Gasteiger charge is 2.20. The van der Waals surface area contributed by atoms with E-state index in [-0.39, 0.29) is 22.2 Å². The summed E-state index contributed by atoms with van der Waals surface area (Å²) in [5.41, 5.74) is -0.571. The molecule has 2 aromatic carbocycles. The Bertz CT molecular complexity index is 1310. The largest absolute Gasteiger partial charge is 0.316 e. The van der Waals surface area contributed by atoms with Gasteiger partial charge in [-0.1, -0.05) is 18.2 Å². The molecule has 0 radical (unpaired) electrons. The summed E-state index contributed by atoms with van der Waals surface area (Å²) in [7, 11) is 0. The standard InChI is InChI=1S/C22H11F3N2O/c23-15-5-2-1-4-14(15)18-6-3-7-19-22(20(28)8-9-27(18)19)21-16(24)10-13(12-26)11-17(21)25/h1-11H. The Morgan fingerprint density at radius 2 is 1.54 bits per heavy atom. The SMILES string of the molecule is N#Cc1cc(F)c(-c2c(=O)ccn3c(-c4ccccc4F)cccc23)c(F)c1. The lowest BCUT2D eigenvalue weighted by Crippen LogP contribution is -2.10. The van der Waals surface area contributed by atoms with Crippen LogP contribution in [0, 0.1) is 28.8 Å². The zero-order chi connectivity index (χ0) is 19.8. The van der Waals surface area contributed by atoms with Crippen molar-refractivity contribution in [3.8, 4) is 28.5 Å². The van der Waals surface area contributed by atoms with E-state index in [9.17, 15) is 18.0 Å². The monoisotopic (exact) mass is 376 g/mol. The first-order chi connectivity index (χ1) is 13.5. The summed E-state index contributed by atoms with van der Waals surface area (Å²) in [6, 6.07) is 15.4. The van der Waals surface area contributed by atoms with Crippen LogP contribution in [0.2, 0.25) is 0 Å². The quantitative estimate of drug-likeness (QED) is 0.498. The molecule has 0 amide bonds. The summed E-state index contributed by atoms with van der Waals surface area (Å²) in [4.78, 5) is 12.5. The molecule has 0 fully saturated rings. The highest BCUT2D eigenvalue weighted by atomic mass is 19.1. The van der Waals surface area contributed by atoms with Crippen molar-refractivity contribution < 1.29 is 13.2 Å². The molecule has 0 aliphatic carbocycles. The van der Waals surface area contributed by atoms with Gasteiger partial charge in [0.05, 0.1) is 34.0 Å². The van der Waals surface area contributed by atoms with Crippen LogP contribution in [-0.4, -0.2) is 4.40 Å². The molecule has 0 N–H and O–H groups in total. The van der Waals surface area contributed by atoms with Crippen LogP contribution in [-0.2, 0) is 0 Å². The van der Waals surface area contributed by atoms with Gasteiger partial charge in [0, 0.05) is 17.8 Å². The molecule has 0 unspecified atom stereocenters. The predicted molar refractivity (Wildman–Crippen MR) is 99.1 cm³/mol. The molecule has 2 heterocycles. The van der Waals surface area contributed by atoms with E-state index in [1.54, 1.807) is 36.4 Å². The molecule has 0 atom stereocenters. The van der Waals surface area contributed by atoms with Gasteiger partial charge in [-0.3, -0.25) is 4.79 Å². The fourth-order valence-corrected chi connectivity index (χ4v) is 3.25. The van der Waals surface area contributed by atoms with Gasteiger partial charge in [0.1, 0.15) is 17.5 Å². The fraction of sp³-hybridized carbons (Fsp3) is 0. The molecule has 3 nitrogen and oxygen atoms in total. The van der Waals surface area contributed by atoms with Crippen molar-refractivity contribution in [1.29, 1.82) is 5.26 Å². The summed E-state index contributed by atoms with van der Waals surface area (Å²) in [6.45, 7) is 0. The van der Waals surface area contributed by atoms with Crippen LogP contribution in [0.1, 0.15) is 5.56 Å². The summed E-state index contributed by atoms with van der Waals surface area (Å²) >= 11 is 0. The first-order valence-corrected chi connectivity index (χ1v) is 8.30. The minimum absolute atomic E-state index is 0.189. The van der Waals surface area contributed by atoms with Crippen molar-refractivity contribution in [3.63, 3.8) is 0 Å². The normalized spacial score (nSPS) is 10.8. The molecular weight excluding hydrogens is 365 g/mol. The Morgan fingerprint density at radius 1 is 0.821 bits per heavy atom. The first kappa shape index (κ1) is 17.6. The second-order valence-electron chi connectivity index (χ2n) is 6.13. The molecule has 0 bridgehead atoms. The van der Waals surface area contributed by atoms with Crippen LogP contribution in [0.3, 0.4) is 0 Å². The van der Waals surface area contributed by atoms with Crippen LogP contribution in [0.5, 0.6) is 0 Å². The Labute approximate surface area is 157 Å². The van der Waals surface area contributed by atoms with Gasteiger partial charge >= 0.3 is 0 Å². The van der Waals surface area contributed by atoms with Gasteiger partial charge in [-0.2, -0.15) is 5.26 Å². The van der Waals surface area contributed by atoms with Gasteiger partial charge in [-0.15, -0.1) is 0 Å². The van der Waals surface area contributed by atoms with Crippen molar-refractivity contribution >= 4 is 5.52 Å². The van der Waals surface area contributed by atoms with Gasteiger partial charge < -0.3 is 4.40 Å². The lowest BCUT2D eigenvalue weighted by atomic mass is 10.0. The molecule has 4 aromatic rings. The number of rotatable bonds is 2. The molecule has 136 valence electrons. The van der Waals surface area contributed by atoms with Crippen LogP contribution >= 0.6 is 0 Å². The van der Waals surface area contributed by atoms with E-state index in [1.165, 1.54) is 28.8 Å². The van der Waals surface area contributed by atoms with Gasteiger partial charge in [-0.25, -0.2) is 13.2 Å². The van der Waals surface area contributed by atoms with Crippen LogP contribution in [0.25, 0.3) is 27.9 Å². The summed E-state index contributed by atoms with van der Waals surface area (Å²) in [5, 5.41) is 8.88. The van der Waals surface area contributed by atoms with Crippen molar-refractivity contribution in [1.82, 2.24) is 4.40 Å². The van der Waals surface area contributed by atoms with Gasteiger partial charge in [-0.05, 0) is 36.4 Å². The molecule has 0 saturated carbocycles. The molecule has 0 aliphatic heterocycles. The number of halogens is 3. The third-order valence-corrected chi connectivity index (χ3v) is 4.48. The summed E-state index contributed by atoms with van der Waals surface area (Å²) < 4.78 is 45.0. The maximum Gasteiger partial charge on any atom is 0.190 e. The van der Waals surface area contributed by atoms with Crippen LogP contribution in [0.15, 0.2) is 71.7 Å². The fourth-order valence-electron chi connectivity index (χ4n) is 3.25. The number of pyridine rings is 2. The molecule has 2 aromatic heterocycles. The third kappa shape index (κ3) is 2.74. The van der Waals surface area contributed by atoms with E-state index < -0.39 is 28.4 Å². The molecule has 0 saturated heterocycles. The van der Waals surface area contributed by atoms with Crippen molar-refractivity contribution in [2.45, 2.75) is 0 Å². The second-order valence-corrected chi connectivity index (χ2v) is 6.13. The smallest absolute Gasteiger partial charge is 0.190 e. The average molecular weight is 376 g/mol. The first-order valence-electron chi connectivity index (χ1n) is 8.30. The molecule has 4 rings (SSSR count). The lowest BCUT2D eigenvalue weighted by Gasteiger charge is -2.14. The highest BCUT2D eigenvalue weighted by Crippen LogP contribution is 2.31. The molecule has 0 spiro atoms. The van der Waals surface area contributed by atoms with Crippen molar-refractivity contribution in [2.75, 3.05) is 0 Å². The number of hydrogen-bond acceptors (Lipinski definition) is 2. The molecule has 6 heteroatoms. The van der Waals surface area contributed by atoms with Gasteiger partial charge in [0.2, 0.25) is 0 Å². The topological polar surface area (TPSA) is 45.3 Å². The van der Waals surface area contributed by atoms with Crippen LogP contribution < -0.4 is 5.43 Å². The van der Waals surface area contributed by atoms with Crippen LogP contribution in [0.4, 0.5) is 13.2 Å². The number of aromatic nitrogens is 1. The number of nitriles is 1. The number of nitrogens with zero attached hydrogens (tertiary/aromatic N) is 2. The Morgan fingerprint density at radius 3 is 2.21 bits per heavy atom. The maximum atomic E-state index is 14.6. The maximum absolute atomic E-state index is 14.6. The highest BCUT2D eigenvalue weighted by molar-refractivity contribution is 5.83. The van der Waals surface area contributed by atoms with E-state index in [0.717, 1.165) is 12.1 Å². The molecule has 0 aliphatic rings. The van der Waals surface area contributed by atoms with E-state index in [2.05, 4.69) is 0 Å². The summed E-state index contributed by atoms with van der Waals surface area (Å²) in [5.74, 6) is -2.50. The Kier molecular flexibility index (Phi) is 4.21. The van der Waals surface area contributed by atoms with Crippen molar-refractivity contribution in [3.05, 3.63) is 100 Å². The van der Waals surface area contributed by atoms with Crippen molar-refractivity contribution in [2.24, 2.45) is 0 Å². The number of benzene rings is 2. The average Bonchev–Trinajstić information content (AvgIpc) is 2.69.